The molecule has 0 nitrogen and oxygen atoms in total. The van der Waals surface area contributed by atoms with Crippen molar-refractivity contribution in [2.45, 2.75) is 47.6 Å². The van der Waals surface area contributed by atoms with Crippen molar-refractivity contribution >= 4 is 112 Å². The number of hydrogen-bond donors (Lipinski definition) is 0. The predicted molar refractivity (Wildman–Crippen MR) is 99.4 cm³/mol. The zero-order valence-electron chi connectivity index (χ0n) is 8.68. The van der Waals surface area contributed by atoms with E-state index in [-0.39, 0.29) is 4.32 Å². The van der Waals surface area contributed by atoms with Gasteiger partial charge in [0.2, 0.25) is 0 Å². The molecular formula is C9H13Br7. The number of unbranched alkanes of at least 4 members (excludes halogenated alkanes) is 3. The maximum Gasteiger partial charge on any atom is 0.153 e. The fraction of sp³-hybridized carbons (Fsp3) is 1.00. The zero-order valence-corrected chi connectivity index (χ0v) is 19.8. The second kappa shape index (κ2) is 7.96. The molecule has 0 saturated heterocycles. The second-order valence-corrected chi connectivity index (χ2v) is 18.5. The lowest BCUT2D eigenvalue weighted by atomic mass is 10.0. The highest BCUT2D eigenvalue weighted by Gasteiger charge is 2.56. The summed E-state index contributed by atoms with van der Waals surface area (Å²) in [6, 6.07) is 0. The number of alkyl halides is 7. The first-order valence-corrected chi connectivity index (χ1v) is 10.4. The molecule has 0 rings (SSSR count). The van der Waals surface area contributed by atoms with Gasteiger partial charge in [-0.15, -0.1) is 0 Å². The van der Waals surface area contributed by atoms with E-state index < -0.39 is 4.29 Å². The molecule has 0 aromatic carbocycles. The molecule has 0 N–H and O–H groups in total. The van der Waals surface area contributed by atoms with E-state index in [0.29, 0.717) is 0 Å². The summed E-state index contributed by atoms with van der Waals surface area (Å²) in [6.07, 6.45) is 5.93. The molecule has 16 heavy (non-hydrogen) atoms. The van der Waals surface area contributed by atoms with Crippen LogP contribution in [-0.2, 0) is 0 Å². The molecule has 0 spiro atoms. The molecule has 0 atom stereocenters. The molecule has 0 fully saturated rings. The molecule has 0 amide bonds. The standard InChI is InChI=1S/C9H13Br7/c1-2-3-4-5-6-7(10,8(11,12)13)9(14,15)16/h2-6H2,1H3. The fourth-order valence-corrected chi connectivity index (χ4v) is 6.89. The lowest BCUT2D eigenvalue weighted by Gasteiger charge is -2.42. The quantitative estimate of drug-likeness (QED) is 0.206. The Hall–Kier alpha value is 3.36. The van der Waals surface area contributed by atoms with Gasteiger partial charge in [-0.2, -0.15) is 0 Å². The van der Waals surface area contributed by atoms with Gasteiger partial charge in [-0.1, -0.05) is 144 Å². The van der Waals surface area contributed by atoms with Gasteiger partial charge in [0, 0.05) is 0 Å². The molecule has 0 heterocycles. The van der Waals surface area contributed by atoms with E-state index in [1.807, 2.05) is 0 Å². The third-order valence-corrected chi connectivity index (χ3v) is 11.1. The fourth-order valence-electron chi connectivity index (χ4n) is 1.24. The van der Waals surface area contributed by atoms with Crippen molar-refractivity contribution in [2.75, 3.05) is 0 Å². The average molecular weight is 681 g/mol. The third-order valence-electron chi connectivity index (χ3n) is 2.27. The van der Waals surface area contributed by atoms with Crippen LogP contribution in [0.4, 0.5) is 0 Å². The first-order chi connectivity index (χ1) is 7.06. The summed E-state index contributed by atoms with van der Waals surface area (Å²) >= 11 is 25.4. The van der Waals surface area contributed by atoms with Crippen LogP contribution >= 0.6 is 112 Å². The van der Waals surface area contributed by atoms with Gasteiger partial charge >= 0.3 is 0 Å². The van der Waals surface area contributed by atoms with Crippen molar-refractivity contribution < 1.29 is 0 Å². The maximum absolute atomic E-state index is 3.80. The molecule has 0 radical (unpaired) electrons. The Labute approximate surface area is 157 Å². The Balaban J connectivity index is 4.59. The zero-order chi connectivity index (χ0) is 13.0. The molecule has 0 aliphatic heterocycles. The van der Waals surface area contributed by atoms with E-state index in [9.17, 15) is 0 Å². The van der Waals surface area contributed by atoms with E-state index >= 15 is 0 Å². The van der Waals surface area contributed by atoms with Crippen LogP contribution in [0.3, 0.4) is 0 Å². The molecule has 0 bridgehead atoms. The molecule has 0 aromatic heterocycles. The summed E-state index contributed by atoms with van der Waals surface area (Å²) in [5.74, 6) is 0. The Bertz CT molecular complexity index is 189. The Morgan fingerprint density at radius 2 is 1.12 bits per heavy atom. The highest BCUT2D eigenvalue weighted by atomic mass is 80.0. The summed E-state index contributed by atoms with van der Waals surface area (Å²) in [4.78, 5) is 0. The van der Waals surface area contributed by atoms with Crippen LogP contribution in [-0.4, -0.2) is 8.61 Å². The minimum atomic E-state index is -0.400. The topological polar surface area (TPSA) is 0 Å². The van der Waals surface area contributed by atoms with Gasteiger partial charge in [-0.3, -0.25) is 0 Å². The number of hydrogen-bond acceptors (Lipinski definition) is 0. The van der Waals surface area contributed by atoms with Crippen molar-refractivity contribution in [2.24, 2.45) is 0 Å². The SMILES string of the molecule is CCCCCCC(Br)(C(Br)(Br)Br)C(Br)(Br)Br. The van der Waals surface area contributed by atoms with Gasteiger partial charge in [0.25, 0.3) is 0 Å². The van der Waals surface area contributed by atoms with Crippen molar-refractivity contribution in [3.63, 3.8) is 0 Å². The van der Waals surface area contributed by atoms with Crippen molar-refractivity contribution in [1.29, 1.82) is 0 Å². The molecule has 98 valence electrons. The smallest absolute Gasteiger partial charge is 0.0784 e. The Morgan fingerprint density at radius 3 is 1.44 bits per heavy atom. The average Bonchev–Trinajstić information content (AvgIpc) is 2.08. The van der Waals surface area contributed by atoms with Gasteiger partial charge in [0.1, 0.15) is 0 Å². The number of halogens is 7. The first-order valence-electron chi connectivity index (χ1n) is 4.88. The van der Waals surface area contributed by atoms with Crippen LogP contribution in [0.2, 0.25) is 0 Å². The summed E-state index contributed by atoms with van der Waals surface area (Å²) in [5.41, 5.74) is 0. The summed E-state index contributed by atoms with van der Waals surface area (Å²) in [7, 11) is 0. The molecular weight excluding hydrogens is 667 g/mol. The van der Waals surface area contributed by atoms with E-state index in [0.717, 1.165) is 12.8 Å². The second-order valence-electron chi connectivity index (χ2n) is 3.61. The van der Waals surface area contributed by atoms with E-state index in [4.69, 9.17) is 0 Å². The largest absolute Gasteiger partial charge is 0.153 e. The van der Waals surface area contributed by atoms with Gasteiger partial charge < -0.3 is 0 Å². The molecule has 0 unspecified atom stereocenters. The number of rotatable bonds is 5. The van der Waals surface area contributed by atoms with Crippen molar-refractivity contribution in [3.05, 3.63) is 0 Å². The van der Waals surface area contributed by atoms with Crippen LogP contribution in [0.15, 0.2) is 0 Å². The minimum absolute atomic E-state index is 0.263. The summed E-state index contributed by atoms with van der Waals surface area (Å²) < 4.78 is -1.06. The van der Waals surface area contributed by atoms with Crippen molar-refractivity contribution in [1.82, 2.24) is 0 Å². The lowest BCUT2D eigenvalue weighted by Crippen LogP contribution is -2.46. The minimum Gasteiger partial charge on any atom is -0.0784 e. The first kappa shape index (κ1) is 19.4. The highest BCUT2D eigenvalue weighted by molar-refractivity contribution is 9.42. The van der Waals surface area contributed by atoms with E-state index in [1.54, 1.807) is 0 Å². The summed E-state index contributed by atoms with van der Waals surface area (Å²) in [6.45, 7) is 2.22. The summed E-state index contributed by atoms with van der Waals surface area (Å²) in [5, 5.41) is 0. The lowest BCUT2D eigenvalue weighted by molar-refractivity contribution is 0.551. The monoisotopic (exact) mass is 674 g/mol. The molecule has 0 aliphatic carbocycles. The van der Waals surface area contributed by atoms with Crippen LogP contribution in [0.25, 0.3) is 0 Å². The Kier molecular flexibility index (Phi) is 9.64. The highest BCUT2D eigenvalue weighted by Crippen LogP contribution is 2.63. The molecule has 7 heteroatoms. The van der Waals surface area contributed by atoms with Crippen molar-refractivity contribution in [3.8, 4) is 0 Å². The van der Waals surface area contributed by atoms with Crippen LogP contribution in [0.1, 0.15) is 39.0 Å². The Morgan fingerprint density at radius 1 is 0.688 bits per heavy atom. The van der Waals surface area contributed by atoms with Crippen LogP contribution in [0.5, 0.6) is 0 Å². The normalized spacial score (nSPS) is 14.2. The maximum atomic E-state index is 3.80. The predicted octanol–water partition coefficient (Wildman–Crippen LogP) is 7.77. The molecule has 0 aliphatic rings. The van der Waals surface area contributed by atoms with Gasteiger partial charge in [0.05, 0.1) is 4.32 Å². The van der Waals surface area contributed by atoms with E-state index in [1.165, 1.54) is 19.3 Å². The van der Waals surface area contributed by atoms with Gasteiger partial charge in [-0.05, 0) is 6.42 Å². The van der Waals surface area contributed by atoms with Gasteiger partial charge in [0.15, 0.2) is 4.29 Å². The molecule has 0 saturated carbocycles. The molecule has 0 aromatic rings. The van der Waals surface area contributed by atoms with Crippen LogP contribution in [0, 0.1) is 0 Å². The van der Waals surface area contributed by atoms with E-state index in [2.05, 4.69) is 118 Å². The third kappa shape index (κ3) is 5.78. The van der Waals surface area contributed by atoms with Gasteiger partial charge in [-0.25, -0.2) is 0 Å². The van der Waals surface area contributed by atoms with Crippen LogP contribution < -0.4 is 0 Å².